The van der Waals surface area contributed by atoms with Crippen LogP contribution in [-0.2, 0) is 6.61 Å². The largest absolute Gasteiger partial charge is 0.489 e. The van der Waals surface area contributed by atoms with Gasteiger partial charge in [0.05, 0.1) is 0 Å². The Hall–Kier alpha value is -1.47. The highest BCUT2D eigenvalue weighted by atomic mass is 35.5. The van der Waals surface area contributed by atoms with Gasteiger partial charge in [-0.1, -0.05) is 69.6 Å². The van der Waals surface area contributed by atoms with Crippen molar-refractivity contribution in [2.75, 3.05) is 0 Å². The van der Waals surface area contributed by atoms with Gasteiger partial charge in [-0.25, -0.2) is 0 Å². The Morgan fingerprint density at radius 3 is 2.19 bits per heavy atom. The van der Waals surface area contributed by atoms with Crippen molar-refractivity contribution in [3.8, 4) is 5.75 Å². The Kier molecular flexibility index (Phi) is 5.30. The van der Waals surface area contributed by atoms with E-state index in [4.69, 9.17) is 16.3 Å². The summed E-state index contributed by atoms with van der Waals surface area (Å²) in [4.78, 5) is 0. The molecule has 0 radical (unpaired) electrons. The molecule has 0 N–H and O–H groups in total. The molecule has 0 aliphatic heterocycles. The van der Waals surface area contributed by atoms with E-state index in [2.05, 4.69) is 52.0 Å². The summed E-state index contributed by atoms with van der Waals surface area (Å²) in [7, 11) is 0. The van der Waals surface area contributed by atoms with Crippen LogP contribution in [0.4, 0.5) is 0 Å². The van der Waals surface area contributed by atoms with Crippen LogP contribution in [0.2, 0.25) is 5.02 Å². The maximum absolute atomic E-state index is 6.33. The van der Waals surface area contributed by atoms with Crippen molar-refractivity contribution in [1.82, 2.24) is 0 Å². The van der Waals surface area contributed by atoms with Gasteiger partial charge in [0.25, 0.3) is 0 Å². The van der Waals surface area contributed by atoms with Gasteiger partial charge in [-0.05, 0) is 40.7 Å². The third kappa shape index (κ3) is 4.01. The highest BCUT2D eigenvalue weighted by Gasteiger charge is 2.09. The molecule has 0 saturated heterocycles. The van der Waals surface area contributed by atoms with Crippen LogP contribution >= 0.6 is 11.6 Å². The zero-order chi connectivity index (χ0) is 15.4. The zero-order valence-corrected chi connectivity index (χ0v) is 13.9. The number of ether oxygens (including phenoxy) is 1. The van der Waals surface area contributed by atoms with Gasteiger partial charge in [0.15, 0.2) is 0 Å². The molecular formula is C19H23ClO. The molecule has 2 rings (SSSR count). The first-order chi connectivity index (χ1) is 9.99. The topological polar surface area (TPSA) is 9.23 Å². The summed E-state index contributed by atoms with van der Waals surface area (Å²) in [6.45, 7) is 9.20. The van der Waals surface area contributed by atoms with E-state index in [1.807, 2.05) is 18.2 Å². The Morgan fingerprint density at radius 1 is 0.905 bits per heavy atom. The fraction of sp³-hybridized carbons (Fsp3) is 0.368. The number of hydrogen-bond acceptors (Lipinski definition) is 1. The molecule has 0 unspecified atom stereocenters. The average Bonchev–Trinajstić information content (AvgIpc) is 2.45. The summed E-state index contributed by atoms with van der Waals surface area (Å²) >= 11 is 6.33. The van der Waals surface area contributed by atoms with Crippen molar-refractivity contribution in [1.29, 1.82) is 0 Å². The van der Waals surface area contributed by atoms with Crippen molar-refractivity contribution in [3.63, 3.8) is 0 Å². The first-order valence-electron chi connectivity index (χ1n) is 7.49. The molecule has 2 aromatic rings. The van der Waals surface area contributed by atoms with Gasteiger partial charge in [-0.2, -0.15) is 0 Å². The van der Waals surface area contributed by atoms with Crippen molar-refractivity contribution in [2.45, 2.75) is 46.1 Å². The molecule has 0 bridgehead atoms. The van der Waals surface area contributed by atoms with Gasteiger partial charge in [-0.3, -0.25) is 0 Å². The summed E-state index contributed by atoms with van der Waals surface area (Å²) in [5.41, 5.74) is 3.52. The fourth-order valence-corrected chi connectivity index (χ4v) is 2.80. The van der Waals surface area contributed by atoms with Crippen LogP contribution in [-0.4, -0.2) is 0 Å². The van der Waals surface area contributed by atoms with E-state index in [1.165, 1.54) is 11.1 Å². The second kappa shape index (κ2) is 7.00. The Bertz CT molecular complexity index is 602. The monoisotopic (exact) mass is 302 g/mol. The summed E-state index contributed by atoms with van der Waals surface area (Å²) < 4.78 is 5.98. The van der Waals surface area contributed by atoms with E-state index in [9.17, 15) is 0 Å². The molecule has 0 amide bonds. The van der Waals surface area contributed by atoms with E-state index in [1.54, 1.807) is 0 Å². The number of benzene rings is 2. The third-order valence-corrected chi connectivity index (χ3v) is 3.95. The minimum Gasteiger partial charge on any atom is -0.489 e. The lowest BCUT2D eigenvalue weighted by Crippen LogP contribution is -2.00. The molecule has 0 aromatic heterocycles. The molecule has 0 fully saturated rings. The van der Waals surface area contributed by atoms with Gasteiger partial charge in [0.2, 0.25) is 0 Å². The summed E-state index contributed by atoms with van der Waals surface area (Å²) in [5, 5.41) is 0.822. The molecule has 2 heteroatoms. The lowest BCUT2D eigenvalue weighted by atomic mass is 10.0. The second-order valence-electron chi connectivity index (χ2n) is 5.99. The summed E-state index contributed by atoms with van der Waals surface area (Å²) in [6.07, 6.45) is 0. The van der Waals surface area contributed by atoms with Crippen molar-refractivity contribution in [2.24, 2.45) is 0 Å². The number of halogens is 1. The second-order valence-corrected chi connectivity index (χ2v) is 6.40. The lowest BCUT2D eigenvalue weighted by molar-refractivity contribution is 0.302. The van der Waals surface area contributed by atoms with Crippen LogP contribution in [0.25, 0.3) is 0 Å². The highest BCUT2D eigenvalue weighted by Crippen LogP contribution is 2.28. The first kappa shape index (κ1) is 15.9. The predicted octanol–water partition coefficient (Wildman–Crippen LogP) is 6.17. The quantitative estimate of drug-likeness (QED) is 0.642. The van der Waals surface area contributed by atoms with E-state index >= 15 is 0 Å². The Labute approximate surface area is 132 Å². The standard InChI is InChI=1S/C19H23ClO/c1-13(2)16-10-9-15(11-18(16)20)12-21-19-8-6-5-7-17(19)14(3)4/h5-11,13-14H,12H2,1-4H3. The van der Waals surface area contributed by atoms with Crippen LogP contribution in [0.1, 0.15) is 56.2 Å². The van der Waals surface area contributed by atoms with Gasteiger partial charge >= 0.3 is 0 Å². The molecule has 112 valence electrons. The zero-order valence-electron chi connectivity index (χ0n) is 13.2. The van der Waals surface area contributed by atoms with Crippen molar-refractivity contribution < 1.29 is 4.74 Å². The molecule has 0 aliphatic carbocycles. The maximum Gasteiger partial charge on any atom is 0.123 e. The van der Waals surface area contributed by atoms with E-state index in [-0.39, 0.29) is 0 Å². The minimum absolute atomic E-state index is 0.439. The maximum atomic E-state index is 6.33. The van der Waals surface area contributed by atoms with Crippen LogP contribution in [0, 0.1) is 0 Å². The molecule has 0 atom stereocenters. The number of para-hydroxylation sites is 1. The number of rotatable bonds is 5. The smallest absolute Gasteiger partial charge is 0.123 e. The Morgan fingerprint density at radius 2 is 1.57 bits per heavy atom. The molecule has 0 saturated carbocycles. The molecule has 2 aromatic carbocycles. The molecule has 0 aliphatic rings. The van der Waals surface area contributed by atoms with Crippen LogP contribution in [0.3, 0.4) is 0 Å². The molecule has 1 nitrogen and oxygen atoms in total. The summed E-state index contributed by atoms with van der Waals surface area (Å²) in [6, 6.07) is 14.4. The lowest BCUT2D eigenvalue weighted by Gasteiger charge is -2.15. The van der Waals surface area contributed by atoms with Gasteiger partial charge in [0, 0.05) is 5.02 Å². The van der Waals surface area contributed by atoms with Crippen LogP contribution in [0.15, 0.2) is 42.5 Å². The first-order valence-corrected chi connectivity index (χ1v) is 7.87. The molecule has 21 heavy (non-hydrogen) atoms. The van der Waals surface area contributed by atoms with E-state index in [0.29, 0.717) is 18.4 Å². The van der Waals surface area contributed by atoms with E-state index in [0.717, 1.165) is 16.3 Å². The fourth-order valence-electron chi connectivity index (χ4n) is 2.38. The van der Waals surface area contributed by atoms with Gasteiger partial charge < -0.3 is 4.74 Å². The summed E-state index contributed by atoms with van der Waals surface area (Å²) in [5.74, 6) is 1.85. The van der Waals surface area contributed by atoms with Gasteiger partial charge in [-0.15, -0.1) is 0 Å². The van der Waals surface area contributed by atoms with E-state index < -0.39 is 0 Å². The van der Waals surface area contributed by atoms with Gasteiger partial charge in [0.1, 0.15) is 12.4 Å². The van der Waals surface area contributed by atoms with Crippen LogP contribution in [0.5, 0.6) is 5.75 Å². The highest BCUT2D eigenvalue weighted by molar-refractivity contribution is 6.31. The molecule has 0 spiro atoms. The average molecular weight is 303 g/mol. The molecule has 0 heterocycles. The van der Waals surface area contributed by atoms with Crippen molar-refractivity contribution >= 4 is 11.6 Å². The van der Waals surface area contributed by atoms with Crippen LogP contribution < -0.4 is 4.74 Å². The number of hydrogen-bond donors (Lipinski definition) is 0. The normalized spacial score (nSPS) is 11.2. The molecular weight excluding hydrogens is 280 g/mol. The Balaban J connectivity index is 2.12. The van der Waals surface area contributed by atoms with Crippen molar-refractivity contribution in [3.05, 3.63) is 64.2 Å². The third-order valence-electron chi connectivity index (χ3n) is 3.62. The predicted molar refractivity (Wildman–Crippen MR) is 90.4 cm³/mol. The SMILES string of the molecule is CC(C)c1ccc(COc2ccccc2C(C)C)cc1Cl. The minimum atomic E-state index is 0.439.